The van der Waals surface area contributed by atoms with Gasteiger partial charge in [-0.2, -0.15) is 0 Å². The first-order valence-electron chi connectivity index (χ1n) is 6.83. The van der Waals surface area contributed by atoms with Gasteiger partial charge in [-0.05, 0) is 30.0 Å². The van der Waals surface area contributed by atoms with Crippen LogP contribution in [-0.4, -0.2) is 10.2 Å². The summed E-state index contributed by atoms with van der Waals surface area (Å²) < 4.78 is 0. The Morgan fingerprint density at radius 1 is 0.842 bits per heavy atom. The van der Waals surface area contributed by atoms with Crippen molar-refractivity contribution in [2.45, 2.75) is 32.6 Å². The molecule has 2 aromatic carbocycles. The van der Waals surface area contributed by atoms with Gasteiger partial charge in [-0.15, -0.1) is 0 Å². The Labute approximate surface area is 114 Å². The monoisotopic (exact) mass is 256 g/mol. The van der Waals surface area contributed by atoms with Crippen LogP contribution < -0.4 is 0 Å². The Hall–Kier alpha value is -1.96. The third-order valence-electron chi connectivity index (χ3n) is 3.37. The molecule has 0 radical (unpaired) electrons. The number of phenols is 2. The largest absolute Gasteiger partial charge is 0.504 e. The third-order valence-corrected chi connectivity index (χ3v) is 3.37. The summed E-state index contributed by atoms with van der Waals surface area (Å²) in [6.45, 7) is 2.19. The number of rotatable bonds is 5. The van der Waals surface area contributed by atoms with Crippen molar-refractivity contribution in [3.63, 3.8) is 0 Å². The number of benzene rings is 2. The molecule has 2 aromatic rings. The quantitative estimate of drug-likeness (QED) is 0.611. The summed E-state index contributed by atoms with van der Waals surface area (Å²) in [4.78, 5) is 0. The van der Waals surface area contributed by atoms with Crippen molar-refractivity contribution < 1.29 is 10.2 Å². The van der Waals surface area contributed by atoms with Gasteiger partial charge in [0, 0.05) is 5.56 Å². The maximum Gasteiger partial charge on any atom is 0.165 e. The summed E-state index contributed by atoms with van der Waals surface area (Å²) in [7, 11) is 0. The van der Waals surface area contributed by atoms with E-state index < -0.39 is 0 Å². The molecule has 0 bridgehead atoms. The molecule has 0 saturated heterocycles. The molecule has 0 spiro atoms. The second kappa shape index (κ2) is 6.28. The molecule has 0 aliphatic carbocycles. The third kappa shape index (κ3) is 3.08. The SMILES string of the molecule is CCCCCc1ccccc1-c1cccc(O)c1O. The van der Waals surface area contributed by atoms with E-state index in [9.17, 15) is 10.2 Å². The lowest BCUT2D eigenvalue weighted by Gasteiger charge is -2.11. The maximum atomic E-state index is 10.00. The van der Waals surface area contributed by atoms with Crippen LogP contribution in [0, 0.1) is 0 Å². The van der Waals surface area contributed by atoms with Crippen LogP contribution in [0.5, 0.6) is 11.5 Å². The molecule has 0 atom stereocenters. The Morgan fingerprint density at radius 3 is 2.37 bits per heavy atom. The van der Waals surface area contributed by atoms with E-state index in [1.54, 1.807) is 6.07 Å². The standard InChI is InChI=1S/C17H20O2/c1-2-3-4-8-13-9-5-6-10-14(13)15-11-7-12-16(18)17(15)19/h5-7,9-12,18-19H,2-4,8H2,1H3. The first kappa shape index (κ1) is 13.5. The van der Waals surface area contributed by atoms with Gasteiger partial charge >= 0.3 is 0 Å². The second-order valence-corrected chi connectivity index (χ2v) is 4.79. The minimum atomic E-state index is -0.0686. The lowest BCUT2D eigenvalue weighted by Crippen LogP contribution is -1.91. The van der Waals surface area contributed by atoms with Gasteiger partial charge in [-0.3, -0.25) is 0 Å². The van der Waals surface area contributed by atoms with Gasteiger partial charge in [0.1, 0.15) is 0 Å². The molecule has 19 heavy (non-hydrogen) atoms. The van der Waals surface area contributed by atoms with E-state index in [0.29, 0.717) is 5.56 Å². The van der Waals surface area contributed by atoms with Crippen molar-refractivity contribution >= 4 is 0 Å². The Bertz CT molecular complexity index is 547. The molecule has 2 rings (SSSR count). The zero-order valence-electron chi connectivity index (χ0n) is 11.3. The van der Waals surface area contributed by atoms with Crippen molar-refractivity contribution in [1.29, 1.82) is 0 Å². The summed E-state index contributed by atoms with van der Waals surface area (Å²) in [5.74, 6) is -0.105. The molecule has 2 nitrogen and oxygen atoms in total. The minimum Gasteiger partial charge on any atom is -0.504 e. The molecule has 0 aliphatic rings. The highest BCUT2D eigenvalue weighted by atomic mass is 16.3. The molecule has 0 unspecified atom stereocenters. The molecule has 0 amide bonds. The Balaban J connectivity index is 2.36. The summed E-state index contributed by atoms with van der Waals surface area (Å²) >= 11 is 0. The smallest absolute Gasteiger partial charge is 0.165 e. The topological polar surface area (TPSA) is 40.5 Å². The van der Waals surface area contributed by atoms with E-state index >= 15 is 0 Å². The van der Waals surface area contributed by atoms with Crippen LogP contribution in [0.15, 0.2) is 42.5 Å². The Kier molecular flexibility index (Phi) is 4.45. The van der Waals surface area contributed by atoms with Crippen LogP contribution >= 0.6 is 0 Å². The van der Waals surface area contributed by atoms with Crippen LogP contribution in [-0.2, 0) is 6.42 Å². The van der Waals surface area contributed by atoms with E-state index in [1.807, 2.05) is 24.3 Å². The zero-order valence-corrected chi connectivity index (χ0v) is 11.3. The highest BCUT2D eigenvalue weighted by molar-refractivity contribution is 5.75. The highest BCUT2D eigenvalue weighted by Crippen LogP contribution is 2.37. The van der Waals surface area contributed by atoms with Gasteiger partial charge in [0.15, 0.2) is 11.5 Å². The van der Waals surface area contributed by atoms with Gasteiger partial charge in [-0.25, -0.2) is 0 Å². The molecule has 0 heterocycles. The van der Waals surface area contributed by atoms with Gasteiger partial charge in [0.05, 0.1) is 0 Å². The van der Waals surface area contributed by atoms with E-state index in [1.165, 1.54) is 24.5 Å². The van der Waals surface area contributed by atoms with Gasteiger partial charge < -0.3 is 10.2 Å². The number of aryl methyl sites for hydroxylation is 1. The average Bonchev–Trinajstić information content (AvgIpc) is 2.43. The van der Waals surface area contributed by atoms with Crippen LogP contribution in [0.25, 0.3) is 11.1 Å². The number of hydrogen-bond donors (Lipinski definition) is 2. The molecule has 2 N–H and O–H groups in total. The Morgan fingerprint density at radius 2 is 1.58 bits per heavy atom. The predicted octanol–water partition coefficient (Wildman–Crippen LogP) is 4.50. The molecule has 2 heteroatoms. The number of unbranched alkanes of at least 4 members (excludes halogenated alkanes) is 2. The normalized spacial score (nSPS) is 10.6. The molecule has 0 saturated carbocycles. The minimum absolute atomic E-state index is 0.0366. The van der Waals surface area contributed by atoms with Crippen LogP contribution in [0.3, 0.4) is 0 Å². The molecule has 0 aromatic heterocycles. The van der Waals surface area contributed by atoms with Gasteiger partial charge in [-0.1, -0.05) is 56.2 Å². The first-order valence-corrected chi connectivity index (χ1v) is 6.83. The lowest BCUT2D eigenvalue weighted by atomic mass is 9.95. The maximum absolute atomic E-state index is 10.00. The van der Waals surface area contributed by atoms with Crippen LogP contribution in [0.1, 0.15) is 31.7 Å². The zero-order chi connectivity index (χ0) is 13.7. The lowest BCUT2D eigenvalue weighted by molar-refractivity contribution is 0.405. The summed E-state index contributed by atoms with van der Waals surface area (Å²) in [6, 6.07) is 13.2. The fourth-order valence-electron chi connectivity index (χ4n) is 2.32. The van der Waals surface area contributed by atoms with E-state index in [-0.39, 0.29) is 11.5 Å². The summed E-state index contributed by atoms with van der Waals surface area (Å²) in [6.07, 6.45) is 4.55. The number of aromatic hydroxyl groups is 2. The second-order valence-electron chi connectivity index (χ2n) is 4.79. The van der Waals surface area contributed by atoms with E-state index in [4.69, 9.17) is 0 Å². The average molecular weight is 256 g/mol. The molecule has 0 fully saturated rings. The highest BCUT2D eigenvalue weighted by Gasteiger charge is 2.11. The van der Waals surface area contributed by atoms with Crippen molar-refractivity contribution in [1.82, 2.24) is 0 Å². The van der Waals surface area contributed by atoms with Crippen LogP contribution in [0.4, 0.5) is 0 Å². The van der Waals surface area contributed by atoms with Crippen molar-refractivity contribution in [3.8, 4) is 22.6 Å². The summed E-state index contributed by atoms with van der Waals surface area (Å²) in [5.41, 5.74) is 2.93. The van der Waals surface area contributed by atoms with Crippen molar-refractivity contribution in [3.05, 3.63) is 48.0 Å². The van der Waals surface area contributed by atoms with Crippen molar-refractivity contribution in [2.24, 2.45) is 0 Å². The molecule has 0 aliphatic heterocycles. The number of para-hydroxylation sites is 1. The molecule has 100 valence electrons. The predicted molar refractivity (Wildman–Crippen MR) is 78.4 cm³/mol. The number of hydrogen-bond acceptors (Lipinski definition) is 2. The fraction of sp³-hybridized carbons (Fsp3) is 0.294. The van der Waals surface area contributed by atoms with E-state index in [2.05, 4.69) is 13.0 Å². The number of phenolic OH excluding ortho intramolecular Hbond substituents is 2. The van der Waals surface area contributed by atoms with Gasteiger partial charge in [0.2, 0.25) is 0 Å². The van der Waals surface area contributed by atoms with Gasteiger partial charge in [0.25, 0.3) is 0 Å². The summed E-state index contributed by atoms with van der Waals surface area (Å²) in [5, 5.41) is 19.6. The molecular formula is C17H20O2. The van der Waals surface area contributed by atoms with Crippen LogP contribution in [0.2, 0.25) is 0 Å². The first-order chi connectivity index (χ1) is 9.24. The molecular weight excluding hydrogens is 236 g/mol. The fourth-order valence-corrected chi connectivity index (χ4v) is 2.32. The van der Waals surface area contributed by atoms with Crippen molar-refractivity contribution in [2.75, 3.05) is 0 Å². The van der Waals surface area contributed by atoms with E-state index in [0.717, 1.165) is 18.4 Å².